The van der Waals surface area contributed by atoms with Gasteiger partial charge in [-0.1, -0.05) is 12.1 Å². The van der Waals surface area contributed by atoms with Crippen molar-refractivity contribution in [3.63, 3.8) is 0 Å². The highest BCUT2D eigenvalue weighted by atomic mass is 32.2. The van der Waals surface area contributed by atoms with E-state index in [0.717, 1.165) is 5.56 Å². The Bertz CT molecular complexity index is 517. The first-order chi connectivity index (χ1) is 11.2. The molecule has 0 fully saturated rings. The summed E-state index contributed by atoms with van der Waals surface area (Å²) in [5, 5.41) is 3.09. The molecule has 0 radical (unpaired) electrons. The van der Waals surface area contributed by atoms with Gasteiger partial charge in [0.05, 0.1) is 6.54 Å². The summed E-state index contributed by atoms with van der Waals surface area (Å²) in [5.41, 5.74) is 1.15. The SMILES string of the molecule is CN=C(NCCN(C)CC(F)(F)F)N(C)Cc1ccc(SC)cc1. The van der Waals surface area contributed by atoms with E-state index in [1.807, 2.05) is 18.2 Å². The van der Waals surface area contributed by atoms with Crippen LogP contribution < -0.4 is 5.32 Å². The standard InChI is InChI=1S/C16H25F3N4S/c1-20-15(21-9-10-22(2)12-16(17,18)19)23(3)11-13-5-7-14(24-4)8-6-13/h5-8H,9-12H2,1-4H3,(H,20,21). The van der Waals surface area contributed by atoms with Crippen LogP contribution in [0.4, 0.5) is 13.2 Å². The molecule has 0 unspecified atom stereocenters. The third-order valence-corrected chi connectivity index (χ3v) is 4.12. The van der Waals surface area contributed by atoms with Crippen molar-refractivity contribution in [2.24, 2.45) is 4.99 Å². The Kier molecular flexibility index (Phi) is 8.41. The van der Waals surface area contributed by atoms with Crippen LogP contribution in [0, 0.1) is 0 Å². The van der Waals surface area contributed by atoms with Gasteiger partial charge in [-0.15, -0.1) is 11.8 Å². The van der Waals surface area contributed by atoms with E-state index < -0.39 is 12.7 Å². The third-order valence-electron chi connectivity index (χ3n) is 3.38. The maximum atomic E-state index is 12.3. The van der Waals surface area contributed by atoms with Crippen LogP contribution in [0.3, 0.4) is 0 Å². The molecule has 0 amide bonds. The molecule has 0 saturated heterocycles. The van der Waals surface area contributed by atoms with Crippen molar-refractivity contribution in [2.45, 2.75) is 17.6 Å². The Labute approximate surface area is 146 Å². The van der Waals surface area contributed by atoms with Crippen LogP contribution in [0.1, 0.15) is 5.56 Å². The molecule has 1 aromatic rings. The summed E-state index contributed by atoms with van der Waals surface area (Å²) in [6.45, 7) is 0.446. The van der Waals surface area contributed by atoms with Crippen molar-refractivity contribution in [2.75, 3.05) is 47.0 Å². The molecule has 136 valence electrons. The normalized spacial score (nSPS) is 12.6. The van der Waals surface area contributed by atoms with Gasteiger partial charge in [0.25, 0.3) is 0 Å². The van der Waals surface area contributed by atoms with Gasteiger partial charge < -0.3 is 10.2 Å². The first-order valence-corrected chi connectivity index (χ1v) is 8.77. The lowest BCUT2D eigenvalue weighted by atomic mass is 10.2. The molecule has 0 aliphatic carbocycles. The van der Waals surface area contributed by atoms with E-state index in [0.29, 0.717) is 19.0 Å². The van der Waals surface area contributed by atoms with Gasteiger partial charge in [-0.25, -0.2) is 0 Å². The highest BCUT2D eigenvalue weighted by Gasteiger charge is 2.28. The first kappa shape index (κ1) is 20.6. The maximum absolute atomic E-state index is 12.3. The van der Waals surface area contributed by atoms with E-state index in [1.165, 1.54) is 16.8 Å². The molecule has 0 saturated carbocycles. The summed E-state index contributed by atoms with van der Waals surface area (Å²) in [6, 6.07) is 8.26. The molecule has 0 aromatic heterocycles. The predicted molar refractivity (Wildman–Crippen MR) is 94.6 cm³/mol. The number of aliphatic imine (C=N–C) groups is 1. The number of hydrogen-bond acceptors (Lipinski definition) is 3. The van der Waals surface area contributed by atoms with Crippen molar-refractivity contribution < 1.29 is 13.2 Å². The third kappa shape index (κ3) is 7.92. The number of nitrogens with one attached hydrogen (secondary N) is 1. The second-order valence-electron chi connectivity index (χ2n) is 5.53. The molecule has 8 heteroatoms. The summed E-state index contributed by atoms with van der Waals surface area (Å²) in [5.74, 6) is 0.657. The fourth-order valence-electron chi connectivity index (χ4n) is 2.21. The summed E-state index contributed by atoms with van der Waals surface area (Å²) < 4.78 is 36.9. The smallest absolute Gasteiger partial charge is 0.355 e. The minimum atomic E-state index is -4.17. The van der Waals surface area contributed by atoms with Crippen molar-refractivity contribution in [1.29, 1.82) is 0 Å². The summed E-state index contributed by atoms with van der Waals surface area (Å²) >= 11 is 1.69. The number of thioether (sulfide) groups is 1. The zero-order valence-electron chi connectivity index (χ0n) is 14.5. The molecular weight excluding hydrogens is 337 g/mol. The predicted octanol–water partition coefficient (Wildman–Crippen LogP) is 2.91. The lowest BCUT2D eigenvalue weighted by molar-refractivity contribution is -0.142. The molecule has 0 spiro atoms. The van der Waals surface area contributed by atoms with Crippen LogP contribution in [0.25, 0.3) is 0 Å². The summed E-state index contributed by atoms with van der Waals surface area (Å²) in [6.07, 6.45) is -2.14. The van der Waals surface area contributed by atoms with Crippen molar-refractivity contribution in [3.05, 3.63) is 29.8 Å². The van der Waals surface area contributed by atoms with Gasteiger partial charge in [0.1, 0.15) is 0 Å². The number of guanidine groups is 1. The fourth-order valence-corrected chi connectivity index (χ4v) is 2.62. The number of rotatable bonds is 7. The number of halogens is 3. The Morgan fingerprint density at radius 3 is 2.33 bits per heavy atom. The molecule has 4 nitrogen and oxygen atoms in total. The van der Waals surface area contributed by atoms with Crippen LogP contribution >= 0.6 is 11.8 Å². The number of hydrogen-bond donors (Lipinski definition) is 1. The summed E-state index contributed by atoms with van der Waals surface area (Å²) in [7, 11) is 5.02. The van der Waals surface area contributed by atoms with Crippen LogP contribution in [0.15, 0.2) is 34.2 Å². The average Bonchev–Trinajstić information content (AvgIpc) is 2.50. The van der Waals surface area contributed by atoms with Gasteiger partial charge in [-0.2, -0.15) is 13.2 Å². The van der Waals surface area contributed by atoms with Gasteiger partial charge in [0, 0.05) is 38.6 Å². The molecule has 1 rings (SSSR count). The minimum Gasteiger partial charge on any atom is -0.355 e. The lowest BCUT2D eigenvalue weighted by Crippen LogP contribution is -2.43. The number of benzene rings is 1. The molecule has 24 heavy (non-hydrogen) atoms. The zero-order valence-corrected chi connectivity index (χ0v) is 15.3. The van der Waals surface area contributed by atoms with E-state index in [1.54, 1.807) is 18.8 Å². The summed E-state index contributed by atoms with van der Waals surface area (Å²) in [4.78, 5) is 8.56. The molecule has 0 aliphatic heterocycles. The molecule has 1 aromatic carbocycles. The van der Waals surface area contributed by atoms with E-state index in [9.17, 15) is 13.2 Å². The Morgan fingerprint density at radius 2 is 1.83 bits per heavy atom. The van der Waals surface area contributed by atoms with E-state index in [-0.39, 0.29) is 6.54 Å². The number of likely N-dealkylation sites (N-methyl/N-ethyl adjacent to an activating group) is 1. The van der Waals surface area contributed by atoms with Gasteiger partial charge >= 0.3 is 6.18 Å². The highest BCUT2D eigenvalue weighted by molar-refractivity contribution is 7.98. The number of alkyl halides is 3. The zero-order chi connectivity index (χ0) is 18.2. The van der Waals surface area contributed by atoms with E-state index in [4.69, 9.17) is 0 Å². The molecule has 0 atom stereocenters. The van der Waals surface area contributed by atoms with E-state index in [2.05, 4.69) is 34.6 Å². The molecule has 0 heterocycles. The van der Waals surface area contributed by atoms with Crippen molar-refractivity contribution >= 4 is 17.7 Å². The van der Waals surface area contributed by atoms with Crippen LogP contribution in [0.5, 0.6) is 0 Å². The Balaban J connectivity index is 2.44. The topological polar surface area (TPSA) is 30.9 Å². The van der Waals surface area contributed by atoms with Gasteiger partial charge in [0.15, 0.2) is 5.96 Å². The molecular formula is C16H25F3N4S. The second-order valence-corrected chi connectivity index (χ2v) is 6.41. The van der Waals surface area contributed by atoms with Gasteiger partial charge in [-0.3, -0.25) is 9.89 Å². The highest BCUT2D eigenvalue weighted by Crippen LogP contribution is 2.16. The van der Waals surface area contributed by atoms with Crippen LogP contribution in [0.2, 0.25) is 0 Å². The molecule has 1 N–H and O–H groups in total. The van der Waals surface area contributed by atoms with Gasteiger partial charge in [-0.05, 0) is 31.0 Å². The van der Waals surface area contributed by atoms with Crippen molar-refractivity contribution in [1.82, 2.24) is 15.1 Å². The number of nitrogens with zero attached hydrogens (tertiary/aromatic N) is 3. The van der Waals surface area contributed by atoms with Crippen LogP contribution in [-0.4, -0.2) is 69.0 Å². The Hall–Kier alpha value is -1.41. The maximum Gasteiger partial charge on any atom is 0.401 e. The quantitative estimate of drug-likeness (QED) is 0.459. The van der Waals surface area contributed by atoms with E-state index >= 15 is 0 Å². The average molecular weight is 362 g/mol. The minimum absolute atomic E-state index is 0.286. The molecule has 0 aliphatic rings. The van der Waals surface area contributed by atoms with Crippen molar-refractivity contribution in [3.8, 4) is 0 Å². The largest absolute Gasteiger partial charge is 0.401 e. The monoisotopic (exact) mass is 362 g/mol. The fraction of sp³-hybridized carbons (Fsp3) is 0.562. The molecule has 0 bridgehead atoms. The first-order valence-electron chi connectivity index (χ1n) is 7.55. The lowest BCUT2D eigenvalue weighted by Gasteiger charge is -2.24. The Morgan fingerprint density at radius 1 is 1.21 bits per heavy atom. The van der Waals surface area contributed by atoms with Crippen LogP contribution in [-0.2, 0) is 6.54 Å². The van der Waals surface area contributed by atoms with Gasteiger partial charge in [0.2, 0.25) is 0 Å². The second kappa shape index (κ2) is 9.78.